The van der Waals surface area contributed by atoms with E-state index >= 15 is 0 Å². The molecule has 156 valence electrons. The molecule has 1 aliphatic carbocycles. The molecule has 0 aromatic heterocycles. The molecule has 6 nitrogen and oxygen atoms in total. The normalized spacial score (nSPS) is 28.4. The van der Waals surface area contributed by atoms with Gasteiger partial charge in [0, 0.05) is 32.2 Å². The van der Waals surface area contributed by atoms with Crippen LogP contribution in [-0.4, -0.2) is 55.2 Å². The van der Waals surface area contributed by atoms with Crippen LogP contribution >= 0.6 is 0 Å². The van der Waals surface area contributed by atoms with E-state index in [9.17, 15) is 13.2 Å². The van der Waals surface area contributed by atoms with E-state index in [0.717, 1.165) is 38.5 Å². The highest BCUT2D eigenvalue weighted by Crippen LogP contribution is 2.26. The van der Waals surface area contributed by atoms with Gasteiger partial charge in [-0.05, 0) is 44.4 Å². The molecule has 0 spiro atoms. The first-order chi connectivity index (χ1) is 13.0. The van der Waals surface area contributed by atoms with E-state index in [0.29, 0.717) is 32.1 Å². The Morgan fingerprint density at radius 3 is 2.11 bits per heavy atom. The van der Waals surface area contributed by atoms with Crippen LogP contribution in [0.25, 0.3) is 0 Å². The molecule has 0 radical (unpaired) electrons. The fourth-order valence-corrected chi connectivity index (χ4v) is 6.39. The van der Waals surface area contributed by atoms with Crippen LogP contribution in [0.1, 0.15) is 77.6 Å². The van der Waals surface area contributed by atoms with Crippen molar-refractivity contribution in [2.24, 2.45) is 11.8 Å². The van der Waals surface area contributed by atoms with Crippen molar-refractivity contribution in [2.45, 2.75) is 83.6 Å². The van der Waals surface area contributed by atoms with Crippen molar-refractivity contribution in [3.05, 3.63) is 0 Å². The summed E-state index contributed by atoms with van der Waals surface area (Å²) in [5, 5.41) is 3.24. The molecule has 3 fully saturated rings. The smallest absolute Gasteiger partial charge is 0.281 e. The van der Waals surface area contributed by atoms with Crippen LogP contribution in [0.5, 0.6) is 0 Å². The number of rotatable bonds is 4. The van der Waals surface area contributed by atoms with Gasteiger partial charge >= 0.3 is 0 Å². The SMILES string of the molecule is CC1CCN(S(=O)(=O)N2CCCC(C(=O)NC3CCCCCCC3)C2)CC1. The summed E-state index contributed by atoms with van der Waals surface area (Å²) in [5.41, 5.74) is 0. The molecule has 1 amide bonds. The molecule has 1 N–H and O–H groups in total. The highest BCUT2D eigenvalue weighted by molar-refractivity contribution is 7.86. The van der Waals surface area contributed by atoms with Gasteiger partial charge in [-0.2, -0.15) is 17.0 Å². The van der Waals surface area contributed by atoms with E-state index in [1.54, 1.807) is 8.61 Å². The Morgan fingerprint density at radius 1 is 0.815 bits per heavy atom. The lowest BCUT2D eigenvalue weighted by molar-refractivity contribution is -0.127. The van der Waals surface area contributed by atoms with Gasteiger partial charge < -0.3 is 5.32 Å². The maximum Gasteiger partial charge on any atom is 0.281 e. The van der Waals surface area contributed by atoms with Crippen molar-refractivity contribution < 1.29 is 13.2 Å². The number of carbonyl (C=O) groups is 1. The minimum atomic E-state index is -3.43. The second kappa shape index (κ2) is 9.70. The molecular weight excluding hydrogens is 362 g/mol. The van der Waals surface area contributed by atoms with Crippen LogP contribution in [0.15, 0.2) is 0 Å². The van der Waals surface area contributed by atoms with Gasteiger partial charge in [0.15, 0.2) is 0 Å². The fraction of sp³-hybridized carbons (Fsp3) is 0.950. The van der Waals surface area contributed by atoms with Crippen LogP contribution in [-0.2, 0) is 15.0 Å². The van der Waals surface area contributed by atoms with Gasteiger partial charge in [0.1, 0.15) is 0 Å². The summed E-state index contributed by atoms with van der Waals surface area (Å²) in [6.45, 7) is 4.28. The van der Waals surface area contributed by atoms with Gasteiger partial charge in [0.2, 0.25) is 5.91 Å². The summed E-state index contributed by atoms with van der Waals surface area (Å²) in [7, 11) is -3.43. The Balaban J connectivity index is 1.55. The predicted octanol–water partition coefficient (Wildman–Crippen LogP) is 2.90. The molecule has 27 heavy (non-hydrogen) atoms. The zero-order valence-corrected chi connectivity index (χ0v) is 17.7. The average molecular weight is 400 g/mol. The number of hydrogen-bond donors (Lipinski definition) is 1. The summed E-state index contributed by atoms with van der Waals surface area (Å²) in [6, 6.07) is 0.272. The lowest BCUT2D eigenvalue weighted by Crippen LogP contribution is -2.52. The number of amides is 1. The van der Waals surface area contributed by atoms with E-state index in [1.165, 1.54) is 32.1 Å². The quantitative estimate of drug-likeness (QED) is 0.790. The topological polar surface area (TPSA) is 69.7 Å². The molecule has 0 aromatic carbocycles. The average Bonchev–Trinajstić information content (AvgIpc) is 2.64. The molecule has 7 heteroatoms. The Morgan fingerprint density at radius 2 is 1.44 bits per heavy atom. The van der Waals surface area contributed by atoms with Gasteiger partial charge in [-0.15, -0.1) is 0 Å². The van der Waals surface area contributed by atoms with E-state index in [2.05, 4.69) is 12.2 Å². The number of hydrogen-bond acceptors (Lipinski definition) is 3. The molecule has 2 saturated heterocycles. The van der Waals surface area contributed by atoms with Crippen LogP contribution in [0.2, 0.25) is 0 Å². The molecule has 1 atom stereocenters. The summed E-state index contributed by atoms with van der Waals surface area (Å²) in [4.78, 5) is 12.8. The Kier molecular flexibility index (Phi) is 7.57. The Bertz CT molecular complexity index is 579. The zero-order valence-electron chi connectivity index (χ0n) is 16.9. The van der Waals surface area contributed by atoms with E-state index in [1.807, 2.05) is 0 Å². The first-order valence-electron chi connectivity index (χ1n) is 11.0. The fourth-order valence-electron chi connectivity index (χ4n) is 4.66. The molecule has 0 aromatic rings. The summed E-state index contributed by atoms with van der Waals surface area (Å²) in [6.07, 6.45) is 11.7. The molecule has 1 unspecified atom stereocenters. The van der Waals surface area contributed by atoms with E-state index in [4.69, 9.17) is 0 Å². The Labute approximate surface area is 165 Å². The minimum absolute atomic E-state index is 0.0627. The lowest BCUT2D eigenvalue weighted by atomic mass is 9.94. The molecule has 3 rings (SSSR count). The maximum atomic E-state index is 13.0. The molecule has 3 aliphatic rings. The van der Waals surface area contributed by atoms with E-state index < -0.39 is 10.2 Å². The van der Waals surface area contributed by atoms with Crippen LogP contribution < -0.4 is 5.32 Å². The summed E-state index contributed by atoms with van der Waals surface area (Å²) < 4.78 is 29.2. The predicted molar refractivity (Wildman–Crippen MR) is 107 cm³/mol. The van der Waals surface area contributed by atoms with Gasteiger partial charge in [0.05, 0.1) is 5.92 Å². The van der Waals surface area contributed by atoms with Gasteiger partial charge in [0.25, 0.3) is 10.2 Å². The number of nitrogens with zero attached hydrogens (tertiary/aromatic N) is 2. The number of carbonyl (C=O) groups excluding carboxylic acids is 1. The molecule has 1 saturated carbocycles. The summed E-state index contributed by atoms with van der Waals surface area (Å²) in [5.74, 6) is 0.454. The Hall–Kier alpha value is -0.660. The zero-order chi connectivity index (χ0) is 19.3. The van der Waals surface area contributed by atoms with Crippen LogP contribution in [0, 0.1) is 11.8 Å². The van der Waals surface area contributed by atoms with Crippen molar-refractivity contribution in [1.29, 1.82) is 0 Å². The largest absolute Gasteiger partial charge is 0.353 e. The monoisotopic (exact) mass is 399 g/mol. The van der Waals surface area contributed by atoms with Crippen molar-refractivity contribution in [3.8, 4) is 0 Å². The van der Waals surface area contributed by atoms with Gasteiger partial charge in [-0.3, -0.25) is 4.79 Å². The van der Waals surface area contributed by atoms with Crippen LogP contribution in [0.3, 0.4) is 0 Å². The van der Waals surface area contributed by atoms with Crippen molar-refractivity contribution in [2.75, 3.05) is 26.2 Å². The van der Waals surface area contributed by atoms with Gasteiger partial charge in [-0.1, -0.05) is 39.0 Å². The second-order valence-corrected chi connectivity index (χ2v) is 10.8. The van der Waals surface area contributed by atoms with Crippen molar-refractivity contribution in [3.63, 3.8) is 0 Å². The molecule has 0 bridgehead atoms. The van der Waals surface area contributed by atoms with Gasteiger partial charge in [-0.25, -0.2) is 0 Å². The second-order valence-electron chi connectivity index (χ2n) is 8.84. The standard InChI is InChI=1S/C20H37N3O3S/c1-17-11-14-22(15-12-17)27(25,26)23-13-7-8-18(16-23)20(24)21-19-9-5-3-2-4-6-10-19/h17-19H,2-16H2,1H3,(H,21,24). The first-order valence-corrected chi connectivity index (χ1v) is 12.4. The maximum absolute atomic E-state index is 13.0. The highest BCUT2D eigenvalue weighted by atomic mass is 32.2. The number of piperidine rings is 2. The number of nitrogens with one attached hydrogen (secondary N) is 1. The third-order valence-corrected chi connectivity index (χ3v) is 8.60. The van der Waals surface area contributed by atoms with Crippen molar-refractivity contribution >= 4 is 16.1 Å². The third kappa shape index (κ3) is 5.67. The first kappa shape index (κ1) is 21.1. The van der Waals surface area contributed by atoms with Crippen LogP contribution in [0.4, 0.5) is 0 Å². The molecule has 2 aliphatic heterocycles. The highest BCUT2D eigenvalue weighted by Gasteiger charge is 2.37. The summed E-state index contributed by atoms with van der Waals surface area (Å²) >= 11 is 0. The third-order valence-electron chi connectivity index (χ3n) is 6.60. The molecule has 2 heterocycles. The lowest BCUT2D eigenvalue weighted by Gasteiger charge is -2.37. The molecular formula is C20H37N3O3S. The minimum Gasteiger partial charge on any atom is -0.353 e. The van der Waals surface area contributed by atoms with E-state index in [-0.39, 0.29) is 17.9 Å². The van der Waals surface area contributed by atoms with Crippen molar-refractivity contribution in [1.82, 2.24) is 13.9 Å².